The van der Waals surface area contributed by atoms with Gasteiger partial charge in [-0.2, -0.15) is 0 Å². The highest BCUT2D eigenvalue weighted by Crippen LogP contribution is 2.48. The fourth-order valence-electron chi connectivity index (χ4n) is 2.90. The Morgan fingerprint density at radius 3 is 2.62 bits per heavy atom. The molecular formula is C19H23N3OS. The van der Waals surface area contributed by atoms with Gasteiger partial charge in [-0.25, -0.2) is 0 Å². The summed E-state index contributed by atoms with van der Waals surface area (Å²) in [6.45, 7) is 3.83. The predicted octanol–water partition coefficient (Wildman–Crippen LogP) is 4.44. The van der Waals surface area contributed by atoms with Gasteiger partial charge in [0.25, 0.3) is 0 Å². The number of hydrogen-bond acceptors (Lipinski definition) is 5. The van der Waals surface area contributed by atoms with Gasteiger partial charge in [0, 0.05) is 21.9 Å². The lowest BCUT2D eigenvalue weighted by Crippen LogP contribution is -2.25. The molecule has 0 fully saturated rings. The van der Waals surface area contributed by atoms with Gasteiger partial charge in [-0.1, -0.05) is 35.1 Å². The fraction of sp³-hybridized carbons (Fsp3) is 0.316. The molecule has 126 valence electrons. The van der Waals surface area contributed by atoms with Crippen molar-refractivity contribution in [2.24, 2.45) is 5.16 Å². The third-order valence-electron chi connectivity index (χ3n) is 4.18. The molecule has 0 saturated carbocycles. The van der Waals surface area contributed by atoms with Crippen LogP contribution in [0.2, 0.25) is 0 Å². The minimum absolute atomic E-state index is 0.634. The summed E-state index contributed by atoms with van der Waals surface area (Å²) in [6.07, 6.45) is 1.09. The Morgan fingerprint density at radius 2 is 1.88 bits per heavy atom. The number of anilines is 2. The summed E-state index contributed by atoms with van der Waals surface area (Å²) < 4.78 is 0. The van der Waals surface area contributed by atoms with E-state index < -0.39 is 0 Å². The van der Waals surface area contributed by atoms with E-state index in [4.69, 9.17) is 5.21 Å². The average molecular weight is 341 g/mol. The van der Waals surface area contributed by atoms with E-state index >= 15 is 0 Å². The van der Waals surface area contributed by atoms with Crippen LogP contribution >= 0.6 is 11.8 Å². The van der Waals surface area contributed by atoms with Crippen molar-refractivity contribution < 1.29 is 5.21 Å². The van der Waals surface area contributed by atoms with Crippen molar-refractivity contribution in [2.75, 3.05) is 32.1 Å². The largest absolute Gasteiger partial charge is 0.411 e. The second-order valence-electron chi connectivity index (χ2n) is 6.25. The molecule has 4 nitrogen and oxygen atoms in total. The highest BCUT2D eigenvalue weighted by molar-refractivity contribution is 7.99. The van der Waals surface area contributed by atoms with E-state index in [-0.39, 0.29) is 0 Å². The highest BCUT2D eigenvalue weighted by Gasteiger charge is 2.23. The third kappa shape index (κ3) is 3.42. The molecule has 2 aromatic carbocycles. The lowest BCUT2D eigenvalue weighted by atomic mass is 10.1. The molecule has 0 aliphatic carbocycles. The van der Waals surface area contributed by atoms with Crippen LogP contribution in [0.4, 0.5) is 11.4 Å². The molecule has 1 heterocycles. The molecule has 0 unspecified atom stereocenters. The Bertz CT molecular complexity index is 758. The van der Waals surface area contributed by atoms with Crippen molar-refractivity contribution in [3.05, 3.63) is 48.0 Å². The van der Waals surface area contributed by atoms with Crippen molar-refractivity contribution in [3.8, 4) is 0 Å². The molecule has 0 saturated heterocycles. The number of nitrogens with zero attached hydrogens (tertiary/aromatic N) is 3. The second-order valence-corrected chi connectivity index (χ2v) is 7.33. The predicted molar refractivity (Wildman–Crippen MR) is 101 cm³/mol. The molecule has 0 bridgehead atoms. The van der Waals surface area contributed by atoms with Crippen molar-refractivity contribution in [2.45, 2.75) is 23.1 Å². The first-order valence-corrected chi connectivity index (χ1v) is 8.94. The van der Waals surface area contributed by atoms with Crippen molar-refractivity contribution in [1.29, 1.82) is 0 Å². The van der Waals surface area contributed by atoms with Gasteiger partial charge >= 0.3 is 0 Å². The van der Waals surface area contributed by atoms with Crippen LogP contribution in [-0.2, 0) is 0 Å². The van der Waals surface area contributed by atoms with E-state index in [1.54, 1.807) is 11.8 Å². The van der Waals surface area contributed by atoms with E-state index in [9.17, 15) is 0 Å². The van der Waals surface area contributed by atoms with E-state index in [1.165, 1.54) is 21.2 Å². The summed E-state index contributed by atoms with van der Waals surface area (Å²) in [5, 5.41) is 12.4. The molecule has 5 heteroatoms. The number of hydrogen-bond donors (Lipinski definition) is 1. The van der Waals surface area contributed by atoms with Gasteiger partial charge in [0.1, 0.15) is 0 Å². The first-order valence-electron chi connectivity index (χ1n) is 8.12. The summed E-state index contributed by atoms with van der Waals surface area (Å²) in [4.78, 5) is 7.13. The summed E-state index contributed by atoms with van der Waals surface area (Å²) in [5.74, 6) is 0. The minimum atomic E-state index is 0.634. The van der Waals surface area contributed by atoms with E-state index in [0.29, 0.717) is 5.71 Å². The second kappa shape index (κ2) is 7.28. The van der Waals surface area contributed by atoms with Gasteiger partial charge in [-0.3, -0.25) is 0 Å². The molecule has 0 amide bonds. The van der Waals surface area contributed by atoms with Gasteiger partial charge in [0.15, 0.2) is 0 Å². The summed E-state index contributed by atoms with van der Waals surface area (Å²) in [7, 11) is 4.21. The number of fused-ring (bicyclic) bond motifs is 2. The Morgan fingerprint density at radius 1 is 1.12 bits per heavy atom. The molecule has 0 radical (unpaired) electrons. The van der Waals surface area contributed by atoms with Crippen LogP contribution in [0.15, 0.2) is 57.4 Å². The Balaban J connectivity index is 1.99. The third-order valence-corrected chi connectivity index (χ3v) is 5.31. The van der Waals surface area contributed by atoms with Crippen molar-refractivity contribution >= 4 is 28.8 Å². The van der Waals surface area contributed by atoms with Crippen LogP contribution < -0.4 is 4.90 Å². The Kier molecular flexibility index (Phi) is 5.11. The van der Waals surface area contributed by atoms with Crippen LogP contribution in [0, 0.1) is 0 Å². The molecule has 0 atom stereocenters. The van der Waals surface area contributed by atoms with E-state index in [2.05, 4.69) is 65.4 Å². The summed E-state index contributed by atoms with van der Waals surface area (Å²) in [5.41, 5.74) is 4.03. The minimum Gasteiger partial charge on any atom is -0.411 e. The highest BCUT2D eigenvalue weighted by atomic mass is 32.2. The van der Waals surface area contributed by atoms with Gasteiger partial charge in [-0.15, -0.1) is 0 Å². The number of para-hydroxylation sites is 1. The zero-order valence-electron chi connectivity index (χ0n) is 14.4. The molecule has 1 N–H and O–H groups in total. The fourth-order valence-corrected chi connectivity index (χ4v) is 3.97. The quantitative estimate of drug-likeness (QED) is 0.496. The maximum Gasteiger partial charge on any atom is 0.0837 e. The average Bonchev–Trinajstić information content (AvgIpc) is 2.59. The van der Waals surface area contributed by atoms with Crippen LogP contribution in [0.1, 0.15) is 18.9 Å². The lowest BCUT2D eigenvalue weighted by Gasteiger charge is -2.33. The zero-order valence-corrected chi connectivity index (χ0v) is 15.2. The smallest absolute Gasteiger partial charge is 0.0837 e. The molecule has 2 aromatic rings. The SMILES string of the molecule is C/C(=N/O)c1ccc2c(c1)N(CCCN(C)C)c1ccccc1S2. The molecule has 1 aliphatic heterocycles. The monoisotopic (exact) mass is 341 g/mol. The first kappa shape index (κ1) is 16.9. The Labute approximate surface area is 147 Å². The van der Waals surface area contributed by atoms with Crippen molar-refractivity contribution in [3.63, 3.8) is 0 Å². The molecule has 24 heavy (non-hydrogen) atoms. The standard InChI is InChI=1S/C19H23N3OS/c1-14(20-23)15-9-10-19-17(13-15)22(12-6-11-21(2)3)16-7-4-5-8-18(16)24-19/h4-5,7-10,13,23H,6,11-12H2,1-3H3/b20-14-. The zero-order chi connectivity index (χ0) is 17.1. The molecule has 0 spiro atoms. The molecule has 3 rings (SSSR count). The maximum absolute atomic E-state index is 9.08. The van der Waals surface area contributed by atoms with Crippen LogP contribution in [0.3, 0.4) is 0 Å². The van der Waals surface area contributed by atoms with Gasteiger partial charge in [-0.05, 0) is 58.3 Å². The first-order chi connectivity index (χ1) is 11.6. The molecular weight excluding hydrogens is 318 g/mol. The summed E-state index contributed by atoms with van der Waals surface area (Å²) >= 11 is 1.80. The maximum atomic E-state index is 9.08. The Hall–Kier alpha value is -1.98. The number of benzene rings is 2. The normalized spacial score (nSPS) is 13.8. The van der Waals surface area contributed by atoms with Gasteiger partial charge < -0.3 is 15.0 Å². The summed E-state index contributed by atoms with van der Waals surface area (Å²) in [6, 6.07) is 14.8. The van der Waals surface area contributed by atoms with Gasteiger partial charge in [0.05, 0.1) is 17.1 Å². The van der Waals surface area contributed by atoms with Crippen molar-refractivity contribution in [1.82, 2.24) is 4.90 Å². The van der Waals surface area contributed by atoms with E-state index in [1.807, 2.05) is 13.0 Å². The van der Waals surface area contributed by atoms with Gasteiger partial charge in [0.2, 0.25) is 0 Å². The van der Waals surface area contributed by atoms with Crippen LogP contribution in [-0.4, -0.2) is 43.0 Å². The molecule has 1 aliphatic rings. The van der Waals surface area contributed by atoms with Crippen LogP contribution in [0.5, 0.6) is 0 Å². The topological polar surface area (TPSA) is 39.1 Å². The lowest BCUT2D eigenvalue weighted by molar-refractivity contribution is 0.319. The number of rotatable bonds is 5. The number of oxime groups is 1. The van der Waals surface area contributed by atoms with E-state index in [0.717, 1.165) is 25.1 Å². The molecule has 0 aromatic heterocycles. The van der Waals surface area contributed by atoms with Crippen LogP contribution in [0.25, 0.3) is 0 Å².